The van der Waals surface area contributed by atoms with Crippen LogP contribution >= 0.6 is 0 Å². The molecule has 1 atom stereocenters. The molecule has 0 aliphatic carbocycles. The Morgan fingerprint density at radius 1 is 1.16 bits per heavy atom. The van der Waals surface area contributed by atoms with Crippen molar-refractivity contribution < 1.29 is 37.3 Å². The molecule has 1 unspecified atom stereocenters. The molecule has 2 aromatic carbocycles. The fourth-order valence-corrected chi connectivity index (χ4v) is 4.46. The fourth-order valence-electron chi connectivity index (χ4n) is 4.46. The van der Waals surface area contributed by atoms with Crippen molar-refractivity contribution in [1.82, 2.24) is 14.9 Å². The number of nitrogens with zero attached hydrogens (tertiary/aromatic N) is 2. The number of fused-ring (bicyclic) bond motifs is 2. The van der Waals surface area contributed by atoms with Gasteiger partial charge in [0.2, 0.25) is 0 Å². The van der Waals surface area contributed by atoms with Crippen LogP contribution in [0.15, 0.2) is 73.1 Å². The number of benzene rings is 2. The maximum absolute atomic E-state index is 13.6. The Morgan fingerprint density at radius 3 is 2.57 bits per heavy atom. The Balaban J connectivity index is 0.00000102. The summed E-state index contributed by atoms with van der Waals surface area (Å²) in [5.41, 5.74) is 1.33. The molecule has 4 aromatic rings. The van der Waals surface area contributed by atoms with Crippen LogP contribution in [0.3, 0.4) is 0 Å². The number of carbonyl (C=O) groups is 2. The first kappa shape index (κ1) is 25.5. The molecule has 0 bridgehead atoms. The van der Waals surface area contributed by atoms with Gasteiger partial charge in [-0.1, -0.05) is 30.3 Å². The molecule has 11 heteroatoms. The second kappa shape index (κ2) is 10.2. The quantitative estimate of drug-likeness (QED) is 0.386. The number of aromatic nitrogens is 2. The molecule has 37 heavy (non-hydrogen) atoms. The number of rotatable bonds is 4. The summed E-state index contributed by atoms with van der Waals surface area (Å²) in [6, 6.07) is 16.5. The highest BCUT2D eigenvalue weighted by atomic mass is 19.4. The summed E-state index contributed by atoms with van der Waals surface area (Å²) in [4.78, 5) is 26.5. The maximum Gasteiger partial charge on any atom is 0.573 e. The van der Waals surface area contributed by atoms with E-state index in [2.05, 4.69) is 15.0 Å². The monoisotopic (exact) mass is 513 g/mol. The number of hydrogen-bond donors (Lipinski definition) is 2. The zero-order chi connectivity index (χ0) is 26.6. The van der Waals surface area contributed by atoms with E-state index < -0.39 is 11.9 Å². The highest BCUT2D eigenvalue weighted by Crippen LogP contribution is 2.41. The first-order valence-electron chi connectivity index (χ1n) is 11.1. The van der Waals surface area contributed by atoms with Gasteiger partial charge in [0.05, 0.1) is 12.2 Å². The Bertz CT molecular complexity index is 1420. The summed E-state index contributed by atoms with van der Waals surface area (Å²) in [5, 5.41) is 10.8. The van der Waals surface area contributed by atoms with Gasteiger partial charge in [-0.25, -0.2) is 0 Å². The maximum atomic E-state index is 13.6. The molecule has 1 amide bonds. The molecule has 0 fully saturated rings. The number of para-hydroxylation sites is 1. The summed E-state index contributed by atoms with van der Waals surface area (Å²) in [6.07, 6.45) is -1.11. The normalized spacial score (nSPS) is 16.5. The first-order chi connectivity index (χ1) is 17.7. The van der Waals surface area contributed by atoms with Crippen LogP contribution in [-0.4, -0.2) is 40.0 Å². The number of carboxylic acid groups (broad SMARTS) is 1. The highest BCUT2D eigenvalue weighted by molar-refractivity contribution is 6.07. The summed E-state index contributed by atoms with van der Waals surface area (Å²) in [7, 11) is 1.86. The van der Waals surface area contributed by atoms with Crippen molar-refractivity contribution in [3.63, 3.8) is 0 Å². The average molecular weight is 513 g/mol. The molecule has 0 radical (unpaired) electrons. The van der Waals surface area contributed by atoms with Crippen molar-refractivity contribution in [2.75, 3.05) is 6.61 Å². The first-order valence-corrected chi connectivity index (χ1v) is 11.1. The standard InChI is InChI=1S/C25H20F3N3O3.CH2O2/c1-31-15-19(18-5-2-3-6-20(18)31)23(32)30-24(12-14-33-21-7-4-13-29-22(21)24)16-8-10-17(11-9-16)34-25(26,27)28;2-1-3/h2-11,13,15H,12,14H2,1H3,(H,30,32);1H,(H,2,3). The lowest BCUT2D eigenvalue weighted by Crippen LogP contribution is -2.50. The van der Waals surface area contributed by atoms with E-state index in [0.717, 1.165) is 10.9 Å². The van der Waals surface area contributed by atoms with Crippen molar-refractivity contribution in [2.24, 2.45) is 7.05 Å². The van der Waals surface area contributed by atoms with Crippen LogP contribution in [0.2, 0.25) is 0 Å². The van der Waals surface area contributed by atoms with E-state index in [1.165, 1.54) is 24.3 Å². The Labute approximate surface area is 209 Å². The molecule has 3 heterocycles. The minimum Gasteiger partial charge on any atom is -0.491 e. The van der Waals surface area contributed by atoms with Gasteiger partial charge in [0, 0.05) is 36.8 Å². The number of alkyl halides is 3. The van der Waals surface area contributed by atoms with Gasteiger partial charge in [0.1, 0.15) is 22.7 Å². The van der Waals surface area contributed by atoms with Crippen molar-refractivity contribution >= 4 is 23.3 Å². The van der Waals surface area contributed by atoms with Gasteiger partial charge >= 0.3 is 6.36 Å². The van der Waals surface area contributed by atoms with Crippen molar-refractivity contribution in [1.29, 1.82) is 0 Å². The molecule has 192 valence electrons. The smallest absolute Gasteiger partial charge is 0.491 e. The Kier molecular flexibility index (Phi) is 7.05. The van der Waals surface area contributed by atoms with Crippen molar-refractivity contribution in [2.45, 2.75) is 18.3 Å². The van der Waals surface area contributed by atoms with Crippen LogP contribution in [-0.2, 0) is 17.4 Å². The van der Waals surface area contributed by atoms with Crippen LogP contribution in [0, 0.1) is 0 Å². The van der Waals surface area contributed by atoms with Crippen LogP contribution < -0.4 is 14.8 Å². The third-order valence-electron chi connectivity index (χ3n) is 5.96. The lowest BCUT2D eigenvalue weighted by atomic mass is 9.81. The third-order valence-corrected chi connectivity index (χ3v) is 5.96. The molecular weight excluding hydrogens is 491 g/mol. The molecule has 8 nitrogen and oxygen atoms in total. The Hall–Kier alpha value is -4.54. The lowest BCUT2D eigenvalue weighted by molar-refractivity contribution is -0.274. The second-order valence-corrected chi connectivity index (χ2v) is 8.16. The minimum absolute atomic E-state index is 0.250. The van der Waals surface area contributed by atoms with E-state index in [0.29, 0.717) is 29.0 Å². The molecule has 0 saturated heterocycles. The van der Waals surface area contributed by atoms with E-state index in [1.807, 2.05) is 35.9 Å². The van der Waals surface area contributed by atoms with Gasteiger partial charge in [-0.2, -0.15) is 0 Å². The molecule has 0 spiro atoms. The summed E-state index contributed by atoms with van der Waals surface area (Å²) in [5.74, 6) is -0.173. The van der Waals surface area contributed by atoms with Crippen molar-refractivity contribution in [3.8, 4) is 11.5 Å². The topological polar surface area (TPSA) is 103 Å². The van der Waals surface area contributed by atoms with E-state index in [1.54, 1.807) is 24.5 Å². The van der Waals surface area contributed by atoms with E-state index in [-0.39, 0.29) is 24.7 Å². The number of carbonyl (C=O) groups excluding carboxylic acids is 1. The van der Waals surface area contributed by atoms with Crippen LogP contribution in [0.5, 0.6) is 11.5 Å². The number of nitrogens with one attached hydrogen (secondary N) is 1. The van der Waals surface area contributed by atoms with Gasteiger partial charge in [0.25, 0.3) is 12.4 Å². The highest BCUT2D eigenvalue weighted by Gasteiger charge is 2.43. The van der Waals surface area contributed by atoms with Gasteiger partial charge in [-0.15, -0.1) is 13.2 Å². The average Bonchev–Trinajstić information content (AvgIpc) is 3.21. The van der Waals surface area contributed by atoms with E-state index in [9.17, 15) is 18.0 Å². The Morgan fingerprint density at radius 2 is 1.86 bits per heavy atom. The number of amides is 1. The van der Waals surface area contributed by atoms with Gasteiger partial charge in [-0.3, -0.25) is 14.6 Å². The lowest BCUT2D eigenvalue weighted by Gasteiger charge is -2.39. The minimum atomic E-state index is -4.80. The number of hydrogen-bond acceptors (Lipinski definition) is 5. The zero-order valence-corrected chi connectivity index (χ0v) is 19.5. The predicted octanol–water partition coefficient (Wildman–Crippen LogP) is 4.63. The van der Waals surface area contributed by atoms with Gasteiger partial charge < -0.3 is 24.5 Å². The third kappa shape index (κ3) is 5.20. The fraction of sp³-hybridized carbons (Fsp3) is 0.192. The SMILES string of the molecule is Cn1cc(C(=O)NC2(c3ccc(OC(F)(F)F)cc3)CCOc3cccnc32)c2ccccc21.O=CO. The molecule has 5 rings (SSSR count). The molecular formula is C26H22F3N3O5. The van der Waals surface area contributed by atoms with E-state index >= 15 is 0 Å². The molecule has 2 aromatic heterocycles. The molecule has 1 aliphatic rings. The van der Waals surface area contributed by atoms with Gasteiger partial charge in [0.15, 0.2) is 0 Å². The zero-order valence-electron chi connectivity index (χ0n) is 19.5. The molecule has 0 saturated carbocycles. The van der Waals surface area contributed by atoms with Crippen LogP contribution in [0.25, 0.3) is 10.9 Å². The summed E-state index contributed by atoms with van der Waals surface area (Å²) >= 11 is 0. The van der Waals surface area contributed by atoms with E-state index in [4.69, 9.17) is 14.6 Å². The number of halogens is 3. The molecule has 2 N–H and O–H groups in total. The number of aryl methyl sites for hydroxylation is 1. The number of ether oxygens (including phenoxy) is 2. The van der Waals surface area contributed by atoms with Crippen LogP contribution in [0.1, 0.15) is 28.0 Å². The van der Waals surface area contributed by atoms with Gasteiger partial charge in [-0.05, 0) is 35.9 Å². The van der Waals surface area contributed by atoms with Crippen LogP contribution in [0.4, 0.5) is 13.2 Å². The predicted molar refractivity (Wildman–Crippen MR) is 127 cm³/mol. The summed E-state index contributed by atoms with van der Waals surface area (Å²) < 4.78 is 49.6. The number of pyridine rings is 1. The largest absolute Gasteiger partial charge is 0.573 e. The second-order valence-electron chi connectivity index (χ2n) is 8.16. The molecule has 1 aliphatic heterocycles. The van der Waals surface area contributed by atoms with Crippen molar-refractivity contribution in [3.05, 3.63) is 89.9 Å². The summed E-state index contributed by atoms with van der Waals surface area (Å²) in [6.45, 7) is 0.0370.